The van der Waals surface area contributed by atoms with Crippen molar-refractivity contribution in [1.29, 1.82) is 0 Å². The summed E-state index contributed by atoms with van der Waals surface area (Å²) >= 11 is 0. The first-order valence-corrected chi connectivity index (χ1v) is 6.41. The van der Waals surface area contributed by atoms with Crippen molar-refractivity contribution in [1.82, 2.24) is 10.6 Å². The van der Waals surface area contributed by atoms with Crippen molar-refractivity contribution >= 4 is 5.96 Å². The van der Waals surface area contributed by atoms with Gasteiger partial charge in [0.1, 0.15) is 11.9 Å². The fraction of sp³-hybridized carbons (Fsp3) is 0.500. The van der Waals surface area contributed by atoms with Gasteiger partial charge >= 0.3 is 0 Å². The second-order valence-corrected chi connectivity index (χ2v) is 4.86. The first kappa shape index (κ1) is 12.7. The third kappa shape index (κ3) is 3.65. The van der Waals surface area contributed by atoms with Crippen molar-refractivity contribution in [3.63, 3.8) is 0 Å². The minimum absolute atomic E-state index is 0.104. The van der Waals surface area contributed by atoms with E-state index in [9.17, 15) is 0 Å². The smallest absolute Gasteiger partial charge is 0.191 e. The molecule has 1 aliphatic rings. The summed E-state index contributed by atoms with van der Waals surface area (Å²) in [5, 5.41) is 6.53. The van der Waals surface area contributed by atoms with Gasteiger partial charge < -0.3 is 15.4 Å². The average Bonchev–Trinajstić information content (AvgIpc) is 2.73. The van der Waals surface area contributed by atoms with E-state index in [1.54, 1.807) is 0 Å². The standard InChI is InChI=1S/C14H21N3O/c1-10-5-4-6-13(7-10)18-12(3)9-16-14-15-8-11(2)17-14/h4-7,11-12H,8-9H2,1-3H3,(H2,15,16,17). The summed E-state index contributed by atoms with van der Waals surface area (Å²) < 4.78 is 5.84. The Labute approximate surface area is 108 Å². The molecule has 0 aromatic heterocycles. The number of hydrogen-bond donors (Lipinski definition) is 2. The predicted octanol–water partition coefficient (Wildman–Crippen LogP) is 1.70. The van der Waals surface area contributed by atoms with Crippen LogP contribution in [0.2, 0.25) is 0 Å². The van der Waals surface area contributed by atoms with Gasteiger partial charge in [0.25, 0.3) is 0 Å². The van der Waals surface area contributed by atoms with Crippen molar-refractivity contribution < 1.29 is 4.74 Å². The van der Waals surface area contributed by atoms with Crippen molar-refractivity contribution in [2.75, 3.05) is 13.1 Å². The lowest BCUT2D eigenvalue weighted by Gasteiger charge is -2.16. The Hall–Kier alpha value is -1.71. The van der Waals surface area contributed by atoms with Crippen LogP contribution in [0.15, 0.2) is 29.3 Å². The van der Waals surface area contributed by atoms with Crippen molar-refractivity contribution in [3.05, 3.63) is 29.8 Å². The summed E-state index contributed by atoms with van der Waals surface area (Å²) in [6, 6.07) is 8.53. The molecule has 0 saturated heterocycles. The van der Waals surface area contributed by atoms with Crippen molar-refractivity contribution in [2.24, 2.45) is 4.99 Å². The molecule has 1 aromatic rings. The van der Waals surface area contributed by atoms with Gasteiger partial charge in [-0.2, -0.15) is 0 Å². The molecule has 4 heteroatoms. The van der Waals surface area contributed by atoms with Crippen LogP contribution in [0.4, 0.5) is 0 Å². The molecule has 0 spiro atoms. The summed E-state index contributed by atoms with van der Waals surface area (Å²) in [5.74, 6) is 1.79. The molecule has 2 rings (SSSR count). The number of hydrogen-bond acceptors (Lipinski definition) is 4. The fourth-order valence-corrected chi connectivity index (χ4v) is 1.86. The molecule has 2 unspecified atom stereocenters. The Morgan fingerprint density at radius 2 is 2.39 bits per heavy atom. The van der Waals surface area contributed by atoms with Gasteiger partial charge in [-0.05, 0) is 38.5 Å². The molecule has 1 aliphatic heterocycles. The molecule has 0 fully saturated rings. The van der Waals surface area contributed by atoms with Crippen LogP contribution in [0.1, 0.15) is 19.4 Å². The van der Waals surface area contributed by atoms with Crippen LogP contribution in [-0.2, 0) is 0 Å². The highest BCUT2D eigenvalue weighted by atomic mass is 16.5. The van der Waals surface area contributed by atoms with E-state index in [1.807, 2.05) is 25.1 Å². The van der Waals surface area contributed by atoms with Gasteiger partial charge in [-0.1, -0.05) is 12.1 Å². The number of rotatable bonds is 4. The maximum atomic E-state index is 5.84. The molecule has 98 valence electrons. The molecule has 2 atom stereocenters. The summed E-state index contributed by atoms with van der Waals surface area (Å²) in [6.45, 7) is 7.81. The van der Waals surface area contributed by atoms with Gasteiger partial charge in [-0.3, -0.25) is 4.99 Å². The third-order valence-corrected chi connectivity index (χ3v) is 2.79. The van der Waals surface area contributed by atoms with E-state index in [-0.39, 0.29) is 6.10 Å². The van der Waals surface area contributed by atoms with Crippen LogP contribution in [0.3, 0.4) is 0 Å². The lowest BCUT2D eigenvalue weighted by molar-refractivity contribution is 0.224. The number of benzene rings is 1. The molecule has 0 amide bonds. The lowest BCUT2D eigenvalue weighted by Crippen LogP contribution is -2.41. The van der Waals surface area contributed by atoms with Crippen molar-refractivity contribution in [3.8, 4) is 5.75 Å². The second-order valence-electron chi connectivity index (χ2n) is 4.86. The number of nitrogens with one attached hydrogen (secondary N) is 2. The Bertz CT molecular complexity index is 431. The lowest BCUT2D eigenvalue weighted by atomic mass is 10.2. The van der Waals surface area contributed by atoms with E-state index in [1.165, 1.54) is 5.56 Å². The largest absolute Gasteiger partial charge is 0.489 e. The first-order valence-electron chi connectivity index (χ1n) is 6.41. The quantitative estimate of drug-likeness (QED) is 0.851. The Morgan fingerprint density at radius 3 is 3.06 bits per heavy atom. The Balaban J connectivity index is 1.77. The van der Waals surface area contributed by atoms with E-state index < -0.39 is 0 Å². The van der Waals surface area contributed by atoms with Crippen molar-refractivity contribution in [2.45, 2.75) is 32.9 Å². The van der Waals surface area contributed by atoms with Crippen LogP contribution in [0.25, 0.3) is 0 Å². The number of aryl methyl sites for hydroxylation is 1. The number of guanidine groups is 1. The van der Waals surface area contributed by atoms with Crippen LogP contribution in [0, 0.1) is 6.92 Å². The molecule has 0 aliphatic carbocycles. The second kappa shape index (κ2) is 5.76. The molecule has 2 N–H and O–H groups in total. The molecule has 18 heavy (non-hydrogen) atoms. The van der Waals surface area contributed by atoms with Gasteiger partial charge in [-0.15, -0.1) is 0 Å². The maximum Gasteiger partial charge on any atom is 0.191 e. The summed E-state index contributed by atoms with van der Waals surface area (Å²) in [5.41, 5.74) is 1.21. The predicted molar refractivity (Wildman–Crippen MR) is 74.2 cm³/mol. The number of ether oxygens (including phenoxy) is 1. The Kier molecular flexibility index (Phi) is 4.07. The monoisotopic (exact) mass is 247 g/mol. The van der Waals surface area contributed by atoms with Crippen LogP contribution in [0.5, 0.6) is 5.75 Å². The molecular weight excluding hydrogens is 226 g/mol. The maximum absolute atomic E-state index is 5.84. The minimum Gasteiger partial charge on any atom is -0.489 e. The first-order chi connectivity index (χ1) is 8.63. The van der Waals surface area contributed by atoms with Gasteiger partial charge in [0.2, 0.25) is 0 Å². The SMILES string of the molecule is Cc1cccc(OC(C)CNC2=NCC(C)N2)c1. The van der Waals surface area contributed by atoms with Crippen LogP contribution >= 0.6 is 0 Å². The molecule has 4 nitrogen and oxygen atoms in total. The highest BCUT2D eigenvalue weighted by molar-refractivity contribution is 5.81. The molecule has 1 heterocycles. The van der Waals surface area contributed by atoms with E-state index in [0.29, 0.717) is 6.04 Å². The van der Waals surface area contributed by atoms with Gasteiger partial charge in [-0.25, -0.2) is 0 Å². The van der Waals surface area contributed by atoms with Gasteiger partial charge in [0, 0.05) is 6.04 Å². The summed E-state index contributed by atoms with van der Waals surface area (Å²) in [7, 11) is 0. The van der Waals surface area contributed by atoms with Crippen LogP contribution < -0.4 is 15.4 Å². The zero-order chi connectivity index (χ0) is 13.0. The van der Waals surface area contributed by atoms with E-state index >= 15 is 0 Å². The zero-order valence-corrected chi connectivity index (χ0v) is 11.2. The number of aliphatic imine (C=N–C) groups is 1. The minimum atomic E-state index is 0.104. The van der Waals surface area contributed by atoms with Gasteiger partial charge in [0.05, 0.1) is 13.1 Å². The normalized spacial score (nSPS) is 19.9. The highest BCUT2D eigenvalue weighted by Gasteiger charge is 2.13. The number of nitrogens with zero attached hydrogens (tertiary/aromatic N) is 1. The molecule has 0 bridgehead atoms. The fourth-order valence-electron chi connectivity index (χ4n) is 1.86. The van der Waals surface area contributed by atoms with E-state index in [4.69, 9.17) is 4.74 Å². The summed E-state index contributed by atoms with van der Waals surface area (Å²) in [4.78, 5) is 4.35. The summed E-state index contributed by atoms with van der Waals surface area (Å²) in [6.07, 6.45) is 0.104. The average molecular weight is 247 g/mol. The van der Waals surface area contributed by atoms with E-state index in [2.05, 4.69) is 35.5 Å². The van der Waals surface area contributed by atoms with Gasteiger partial charge in [0.15, 0.2) is 5.96 Å². The van der Waals surface area contributed by atoms with Crippen LogP contribution in [-0.4, -0.2) is 31.2 Å². The molecular formula is C14H21N3O. The molecule has 0 radical (unpaired) electrons. The topological polar surface area (TPSA) is 45.6 Å². The Morgan fingerprint density at radius 1 is 1.56 bits per heavy atom. The third-order valence-electron chi connectivity index (χ3n) is 2.79. The zero-order valence-electron chi connectivity index (χ0n) is 11.2. The highest BCUT2D eigenvalue weighted by Crippen LogP contribution is 2.13. The molecule has 0 saturated carbocycles. The van der Waals surface area contributed by atoms with E-state index in [0.717, 1.165) is 24.8 Å². The molecule has 1 aromatic carbocycles.